The molecule has 1 aromatic heterocycles. The second kappa shape index (κ2) is 6.43. The standard InChI is InChI=1S/C16H16N4O3/c1-10-2-12(5-13(3-10)23-16-6-15(22)20-16)19-14(21)4-11-7-17-9-18-8-11/h2-3,5,7-9,16H,4,6H2,1H3,(H,19,21)(H,20,22)/t16-/m0/s1. The van der Waals surface area contributed by atoms with Gasteiger partial charge >= 0.3 is 0 Å². The molecule has 0 saturated carbocycles. The summed E-state index contributed by atoms with van der Waals surface area (Å²) >= 11 is 0. The Balaban J connectivity index is 1.63. The van der Waals surface area contributed by atoms with Gasteiger partial charge in [-0.15, -0.1) is 0 Å². The van der Waals surface area contributed by atoms with Gasteiger partial charge in [-0.2, -0.15) is 0 Å². The number of carbonyl (C=O) groups excluding carboxylic acids is 2. The second-order valence-corrected chi connectivity index (χ2v) is 5.38. The third kappa shape index (κ3) is 4.03. The second-order valence-electron chi connectivity index (χ2n) is 5.38. The van der Waals surface area contributed by atoms with Crippen molar-refractivity contribution in [2.24, 2.45) is 0 Å². The number of nitrogens with zero attached hydrogens (tertiary/aromatic N) is 2. The summed E-state index contributed by atoms with van der Waals surface area (Å²) in [5.41, 5.74) is 2.34. The number of aryl methyl sites for hydroxylation is 1. The number of β-lactam (4-membered cyclic amide) rings is 1. The van der Waals surface area contributed by atoms with Gasteiger partial charge < -0.3 is 15.4 Å². The lowest BCUT2D eigenvalue weighted by atomic mass is 10.2. The van der Waals surface area contributed by atoms with E-state index in [9.17, 15) is 9.59 Å². The maximum Gasteiger partial charge on any atom is 0.228 e. The first kappa shape index (κ1) is 15.0. The van der Waals surface area contributed by atoms with Gasteiger partial charge in [0, 0.05) is 24.1 Å². The summed E-state index contributed by atoms with van der Waals surface area (Å²) in [5.74, 6) is 0.419. The molecule has 2 amide bonds. The molecule has 1 aliphatic heterocycles. The van der Waals surface area contributed by atoms with Crippen LogP contribution in [0.4, 0.5) is 5.69 Å². The van der Waals surface area contributed by atoms with Gasteiger partial charge in [-0.05, 0) is 30.2 Å². The molecule has 1 aromatic carbocycles. The maximum absolute atomic E-state index is 12.1. The van der Waals surface area contributed by atoms with Gasteiger partial charge in [0.15, 0.2) is 6.23 Å². The van der Waals surface area contributed by atoms with Gasteiger partial charge in [-0.3, -0.25) is 9.59 Å². The number of ether oxygens (including phenoxy) is 1. The average Bonchev–Trinajstić information content (AvgIpc) is 2.46. The number of aromatic nitrogens is 2. The lowest BCUT2D eigenvalue weighted by molar-refractivity contribution is -0.134. The minimum Gasteiger partial charge on any atom is -0.470 e. The van der Waals surface area contributed by atoms with Gasteiger partial charge in [0.2, 0.25) is 11.8 Å². The molecule has 7 nitrogen and oxygen atoms in total. The van der Waals surface area contributed by atoms with E-state index < -0.39 is 0 Å². The minimum absolute atomic E-state index is 0.0266. The molecule has 1 saturated heterocycles. The zero-order chi connectivity index (χ0) is 16.2. The van der Waals surface area contributed by atoms with Gasteiger partial charge in [-0.1, -0.05) is 0 Å². The van der Waals surface area contributed by atoms with E-state index in [4.69, 9.17) is 4.74 Å². The molecule has 0 radical (unpaired) electrons. The van der Waals surface area contributed by atoms with Crippen LogP contribution in [0.2, 0.25) is 0 Å². The number of amides is 2. The maximum atomic E-state index is 12.1. The fourth-order valence-corrected chi connectivity index (χ4v) is 2.26. The summed E-state index contributed by atoms with van der Waals surface area (Å²) in [6.07, 6.45) is 4.89. The Labute approximate surface area is 133 Å². The number of nitrogens with one attached hydrogen (secondary N) is 2. The highest BCUT2D eigenvalue weighted by atomic mass is 16.5. The first-order valence-electron chi connectivity index (χ1n) is 7.20. The van der Waals surface area contributed by atoms with E-state index in [0.29, 0.717) is 17.9 Å². The Morgan fingerprint density at radius 1 is 1.35 bits per heavy atom. The topological polar surface area (TPSA) is 93.2 Å². The van der Waals surface area contributed by atoms with Gasteiger partial charge in [0.05, 0.1) is 12.8 Å². The Hall–Kier alpha value is -2.96. The van der Waals surface area contributed by atoms with Crippen molar-refractivity contribution >= 4 is 17.5 Å². The molecule has 3 rings (SSSR count). The average molecular weight is 312 g/mol. The lowest BCUT2D eigenvalue weighted by Gasteiger charge is -2.27. The van der Waals surface area contributed by atoms with Crippen LogP contribution in [0, 0.1) is 6.92 Å². The van der Waals surface area contributed by atoms with Crippen molar-refractivity contribution in [2.45, 2.75) is 26.0 Å². The predicted molar refractivity (Wildman–Crippen MR) is 82.7 cm³/mol. The normalized spacial score (nSPS) is 16.2. The van der Waals surface area contributed by atoms with Crippen LogP contribution in [0.1, 0.15) is 17.5 Å². The fraction of sp³-hybridized carbons (Fsp3) is 0.250. The predicted octanol–water partition coefficient (Wildman–Crippen LogP) is 1.19. The Morgan fingerprint density at radius 3 is 2.78 bits per heavy atom. The van der Waals surface area contributed by atoms with E-state index in [2.05, 4.69) is 20.6 Å². The van der Waals surface area contributed by atoms with Crippen molar-refractivity contribution in [2.75, 3.05) is 5.32 Å². The zero-order valence-electron chi connectivity index (χ0n) is 12.6. The quantitative estimate of drug-likeness (QED) is 0.809. The largest absolute Gasteiger partial charge is 0.470 e. The third-order valence-corrected chi connectivity index (χ3v) is 3.28. The lowest BCUT2D eigenvalue weighted by Crippen LogP contribution is -2.51. The molecule has 2 N–H and O–H groups in total. The molecule has 0 spiro atoms. The molecule has 0 unspecified atom stereocenters. The molecule has 23 heavy (non-hydrogen) atoms. The molecule has 1 fully saturated rings. The molecular weight excluding hydrogens is 296 g/mol. The van der Waals surface area contributed by atoms with Crippen LogP contribution in [-0.4, -0.2) is 28.0 Å². The monoisotopic (exact) mass is 312 g/mol. The molecule has 2 aromatic rings. The van der Waals surface area contributed by atoms with Gasteiger partial charge in [-0.25, -0.2) is 9.97 Å². The molecule has 7 heteroatoms. The Bertz CT molecular complexity index is 725. The van der Waals surface area contributed by atoms with E-state index in [-0.39, 0.29) is 24.5 Å². The SMILES string of the molecule is Cc1cc(NC(=O)Cc2cncnc2)cc(O[C@H]2CC(=O)N2)c1. The van der Waals surface area contributed by atoms with E-state index in [1.165, 1.54) is 6.33 Å². The van der Waals surface area contributed by atoms with Crippen LogP contribution in [0.15, 0.2) is 36.9 Å². The van der Waals surface area contributed by atoms with Crippen LogP contribution in [0.5, 0.6) is 5.75 Å². The van der Waals surface area contributed by atoms with Gasteiger partial charge in [0.25, 0.3) is 0 Å². The van der Waals surface area contributed by atoms with Crippen LogP contribution in [-0.2, 0) is 16.0 Å². The smallest absolute Gasteiger partial charge is 0.228 e. The van der Waals surface area contributed by atoms with Crippen molar-refractivity contribution in [3.63, 3.8) is 0 Å². The summed E-state index contributed by atoms with van der Waals surface area (Å²) < 4.78 is 5.64. The van der Waals surface area contributed by atoms with E-state index in [0.717, 1.165) is 11.1 Å². The van der Waals surface area contributed by atoms with Crippen LogP contribution >= 0.6 is 0 Å². The number of carbonyl (C=O) groups is 2. The summed E-state index contributed by atoms with van der Waals surface area (Å²) in [4.78, 5) is 30.7. The van der Waals surface area contributed by atoms with E-state index >= 15 is 0 Å². The minimum atomic E-state index is -0.297. The summed E-state index contributed by atoms with van der Waals surface area (Å²) in [7, 11) is 0. The number of hydrogen-bond acceptors (Lipinski definition) is 5. The molecule has 1 atom stereocenters. The first-order chi connectivity index (χ1) is 11.1. The van der Waals surface area contributed by atoms with Crippen LogP contribution in [0.25, 0.3) is 0 Å². The molecule has 118 valence electrons. The van der Waals surface area contributed by atoms with Crippen LogP contribution in [0.3, 0.4) is 0 Å². The molecule has 0 aliphatic carbocycles. The van der Waals surface area contributed by atoms with Crippen molar-refractivity contribution in [1.82, 2.24) is 15.3 Å². The molecule has 1 aliphatic rings. The first-order valence-corrected chi connectivity index (χ1v) is 7.20. The van der Waals surface area contributed by atoms with Crippen molar-refractivity contribution in [3.8, 4) is 5.75 Å². The van der Waals surface area contributed by atoms with Gasteiger partial charge in [0.1, 0.15) is 12.1 Å². The Kier molecular flexibility index (Phi) is 4.18. The highest BCUT2D eigenvalue weighted by Gasteiger charge is 2.26. The fourth-order valence-electron chi connectivity index (χ4n) is 2.26. The number of hydrogen-bond donors (Lipinski definition) is 2. The highest BCUT2D eigenvalue weighted by molar-refractivity contribution is 5.92. The molecular formula is C16H16N4O3. The summed E-state index contributed by atoms with van der Waals surface area (Å²) in [6.45, 7) is 1.91. The number of rotatable bonds is 5. The molecule has 2 heterocycles. The van der Waals surface area contributed by atoms with E-state index in [1.807, 2.05) is 19.1 Å². The van der Waals surface area contributed by atoms with E-state index in [1.54, 1.807) is 18.5 Å². The molecule has 0 bridgehead atoms. The third-order valence-electron chi connectivity index (χ3n) is 3.28. The van der Waals surface area contributed by atoms with Crippen molar-refractivity contribution in [3.05, 3.63) is 48.0 Å². The number of anilines is 1. The van der Waals surface area contributed by atoms with Crippen LogP contribution < -0.4 is 15.4 Å². The van der Waals surface area contributed by atoms with Crippen molar-refractivity contribution < 1.29 is 14.3 Å². The Morgan fingerprint density at radius 2 is 2.09 bits per heavy atom. The number of benzene rings is 1. The summed E-state index contributed by atoms with van der Waals surface area (Å²) in [5, 5.41) is 5.47. The zero-order valence-corrected chi connectivity index (χ0v) is 12.6. The summed E-state index contributed by atoms with van der Waals surface area (Å²) in [6, 6.07) is 5.44. The van der Waals surface area contributed by atoms with Crippen molar-refractivity contribution in [1.29, 1.82) is 0 Å². The highest BCUT2D eigenvalue weighted by Crippen LogP contribution is 2.23.